The van der Waals surface area contributed by atoms with Crippen LogP contribution in [0.2, 0.25) is 0 Å². The lowest BCUT2D eigenvalue weighted by molar-refractivity contribution is 0.0958. The Kier molecular flexibility index (Phi) is 6.27. The van der Waals surface area contributed by atoms with Gasteiger partial charge in [0, 0.05) is 24.0 Å². The number of hydrogen-bond acceptors (Lipinski definition) is 5. The molecule has 0 atom stereocenters. The lowest BCUT2D eigenvalue weighted by atomic mass is 10.2. The minimum atomic E-state index is -0.367. The average Bonchev–Trinajstić information content (AvgIpc) is 3.35. The predicted molar refractivity (Wildman–Crippen MR) is 138 cm³/mol. The molecule has 36 heavy (non-hydrogen) atoms. The zero-order valence-corrected chi connectivity index (χ0v) is 19.3. The number of fused-ring (bicyclic) bond motifs is 1. The number of rotatable bonds is 6. The molecule has 0 aliphatic rings. The molecule has 5 aromatic rings. The monoisotopic (exact) mass is 478 g/mol. The summed E-state index contributed by atoms with van der Waals surface area (Å²) in [4.78, 5) is 36.0. The number of anilines is 2. The Morgan fingerprint density at radius 3 is 2.11 bits per heavy atom. The van der Waals surface area contributed by atoms with Crippen LogP contribution in [0.5, 0.6) is 11.5 Å². The van der Waals surface area contributed by atoms with E-state index in [1.54, 1.807) is 43.4 Å². The number of hydrogen-bond donors (Lipinski definition) is 4. The lowest BCUT2D eigenvalue weighted by Crippen LogP contribution is -2.19. The van der Waals surface area contributed by atoms with E-state index in [1.807, 2.05) is 48.5 Å². The number of aromatic amines is 1. The largest absolute Gasteiger partial charge is 0.456 e. The lowest BCUT2D eigenvalue weighted by Gasteiger charge is -2.10. The molecule has 0 spiro atoms. The third-order valence-electron chi connectivity index (χ3n) is 5.35. The molecule has 0 aliphatic carbocycles. The standard InChI is InChI=1S/C27H22N6O3/c1-28-26(34)24-15-14-21(16-29-24)36-20-12-10-19(11-13-20)31-27(35)30-18-8-6-17(7-9-18)25-32-22-4-2-3-5-23(22)33-25/h2-16H,1H3,(H,28,34)(H,32,33)(H2,30,31,35). The Bertz CT molecular complexity index is 1480. The van der Waals surface area contributed by atoms with Gasteiger partial charge >= 0.3 is 6.03 Å². The Morgan fingerprint density at radius 1 is 0.806 bits per heavy atom. The Hall–Kier alpha value is -5.18. The van der Waals surface area contributed by atoms with Gasteiger partial charge in [-0.3, -0.25) is 4.79 Å². The molecule has 0 bridgehead atoms. The van der Waals surface area contributed by atoms with E-state index in [0.717, 1.165) is 22.4 Å². The first-order valence-electron chi connectivity index (χ1n) is 11.2. The van der Waals surface area contributed by atoms with E-state index in [2.05, 4.69) is 30.9 Å². The summed E-state index contributed by atoms with van der Waals surface area (Å²) in [6.07, 6.45) is 1.48. The Morgan fingerprint density at radius 2 is 1.47 bits per heavy atom. The summed E-state index contributed by atoms with van der Waals surface area (Å²) in [5, 5.41) is 8.12. The van der Waals surface area contributed by atoms with E-state index in [1.165, 1.54) is 6.20 Å². The van der Waals surface area contributed by atoms with Gasteiger partial charge in [-0.05, 0) is 72.8 Å². The van der Waals surface area contributed by atoms with Gasteiger partial charge in [-0.25, -0.2) is 14.8 Å². The van der Waals surface area contributed by atoms with Crippen molar-refractivity contribution >= 4 is 34.3 Å². The quantitative estimate of drug-likeness (QED) is 0.260. The highest BCUT2D eigenvalue weighted by atomic mass is 16.5. The zero-order chi connectivity index (χ0) is 24.9. The Labute approximate surface area is 206 Å². The molecule has 178 valence electrons. The van der Waals surface area contributed by atoms with Crippen molar-refractivity contribution in [1.82, 2.24) is 20.3 Å². The van der Waals surface area contributed by atoms with E-state index in [4.69, 9.17) is 4.74 Å². The van der Waals surface area contributed by atoms with Crippen LogP contribution < -0.4 is 20.7 Å². The van der Waals surface area contributed by atoms with Crippen LogP contribution in [0.25, 0.3) is 22.4 Å². The highest BCUT2D eigenvalue weighted by Crippen LogP contribution is 2.24. The molecule has 0 fully saturated rings. The molecule has 0 saturated carbocycles. The second-order valence-corrected chi connectivity index (χ2v) is 7.84. The van der Waals surface area contributed by atoms with Gasteiger partial charge in [0.15, 0.2) is 0 Å². The number of urea groups is 1. The number of carbonyl (C=O) groups is 2. The van der Waals surface area contributed by atoms with E-state index in [0.29, 0.717) is 28.6 Å². The minimum Gasteiger partial charge on any atom is -0.456 e. The van der Waals surface area contributed by atoms with Gasteiger partial charge < -0.3 is 25.7 Å². The van der Waals surface area contributed by atoms with Crippen molar-refractivity contribution in [3.05, 3.63) is 96.8 Å². The summed E-state index contributed by atoms with van der Waals surface area (Å²) >= 11 is 0. The molecule has 2 aromatic heterocycles. The van der Waals surface area contributed by atoms with E-state index < -0.39 is 0 Å². The third kappa shape index (κ3) is 5.15. The fourth-order valence-corrected chi connectivity index (χ4v) is 3.54. The smallest absolute Gasteiger partial charge is 0.323 e. The van der Waals surface area contributed by atoms with Gasteiger partial charge in [0.25, 0.3) is 5.91 Å². The first kappa shape index (κ1) is 22.6. The number of nitrogens with one attached hydrogen (secondary N) is 4. The fraction of sp³-hybridized carbons (Fsp3) is 0.0370. The molecular weight excluding hydrogens is 456 g/mol. The summed E-state index contributed by atoms with van der Waals surface area (Å²) in [5.41, 5.74) is 4.36. The first-order chi connectivity index (χ1) is 17.6. The Balaban J connectivity index is 1.16. The first-order valence-corrected chi connectivity index (χ1v) is 11.2. The van der Waals surface area contributed by atoms with Crippen LogP contribution in [-0.2, 0) is 0 Å². The third-order valence-corrected chi connectivity index (χ3v) is 5.35. The second-order valence-electron chi connectivity index (χ2n) is 7.84. The van der Waals surface area contributed by atoms with Crippen molar-refractivity contribution in [2.45, 2.75) is 0 Å². The van der Waals surface area contributed by atoms with Gasteiger partial charge in [-0.2, -0.15) is 0 Å². The predicted octanol–water partition coefficient (Wildman–Crippen LogP) is 5.42. The average molecular weight is 479 g/mol. The van der Waals surface area contributed by atoms with Gasteiger partial charge in [0.1, 0.15) is 23.0 Å². The van der Waals surface area contributed by atoms with Crippen LogP contribution in [0, 0.1) is 0 Å². The summed E-state index contributed by atoms with van der Waals surface area (Å²) in [7, 11) is 1.55. The number of nitrogens with zero attached hydrogens (tertiary/aromatic N) is 2. The number of benzene rings is 3. The van der Waals surface area contributed by atoms with Crippen molar-refractivity contribution < 1.29 is 14.3 Å². The minimum absolute atomic E-state index is 0.266. The molecule has 4 N–H and O–H groups in total. The van der Waals surface area contributed by atoms with Crippen molar-refractivity contribution in [3.8, 4) is 22.9 Å². The maximum atomic E-state index is 12.4. The number of ether oxygens (including phenoxy) is 1. The zero-order valence-electron chi connectivity index (χ0n) is 19.3. The molecule has 2 heterocycles. The number of aromatic nitrogens is 3. The van der Waals surface area contributed by atoms with Gasteiger partial charge in [0.05, 0.1) is 17.2 Å². The van der Waals surface area contributed by atoms with Crippen molar-refractivity contribution in [2.75, 3.05) is 17.7 Å². The van der Waals surface area contributed by atoms with Crippen LogP contribution in [0.4, 0.5) is 16.2 Å². The second kappa shape index (κ2) is 9.98. The van der Waals surface area contributed by atoms with Crippen LogP contribution in [0.1, 0.15) is 10.5 Å². The van der Waals surface area contributed by atoms with Crippen LogP contribution >= 0.6 is 0 Å². The molecule has 5 rings (SSSR count). The van der Waals surface area contributed by atoms with Crippen LogP contribution in [0.15, 0.2) is 91.1 Å². The highest BCUT2D eigenvalue weighted by molar-refractivity contribution is 6.00. The normalized spacial score (nSPS) is 10.6. The maximum Gasteiger partial charge on any atom is 0.323 e. The fourth-order valence-electron chi connectivity index (χ4n) is 3.54. The summed E-state index contributed by atoms with van der Waals surface area (Å²) in [5.74, 6) is 1.56. The molecule has 0 saturated heterocycles. The van der Waals surface area contributed by atoms with Gasteiger partial charge in [-0.1, -0.05) is 12.1 Å². The molecule has 3 aromatic carbocycles. The van der Waals surface area contributed by atoms with Gasteiger partial charge in [-0.15, -0.1) is 0 Å². The van der Waals surface area contributed by atoms with E-state index in [9.17, 15) is 9.59 Å². The molecule has 3 amide bonds. The molecule has 9 nitrogen and oxygen atoms in total. The molecule has 0 aliphatic heterocycles. The summed E-state index contributed by atoms with van der Waals surface area (Å²) < 4.78 is 5.74. The van der Waals surface area contributed by atoms with Crippen LogP contribution in [0.3, 0.4) is 0 Å². The molecule has 9 heteroatoms. The number of imidazole rings is 1. The highest BCUT2D eigenvalue weighted by Gasteiger charge is 2.08. The summed E-state index contributed by atoms with van der Waals surface area (Å²) in [6.45, 7) is 0. The molecular formula is C27H22N6O3. The molecule has 0 radical (unpaired) electrons. The number of para-hydroxylation sites is 2. The SMILES string of the molecule is CNC(=O)c1ccc(Oc2ccc(NC(=O)Nc3ccc(-c4nc5ccccc5[nH]4)cc3)cc2)cn1. The van der Waals surface area contributed by atoms with Gasteiger partial charge in [0.2, 0.25) is 0 Å². The number of H-pyrrole nitrogens is 1. The van der Waals surface area contributed by atoms with Crippen molar-refractivity contribution in [3.63, 3.8) is 0 Å². The number of pyridine rings is 1. The topological polar surface area (TPSA) is 121 Å². The maximum absolute atomic E-state index is 12.4. The molecule has 0 unspecified atom stereocenters. The van der Waals surface area contributed by atoms with Crippen molar-refractivity contribution in [1.29, 1.82) is 0 Å². The van der Waals surface area contributed by atoms with E-state index >= 15 is 0 Å². The number of amides is 3. The van der Waals surface area contributed by atoms with Crippen LogP contribution in [-0.4, -0.2) is 33.9 Å². The van der Waals surface area contributed by atoms with E-state index in [-0.39, 0.29) is 11.9 Å². The van der Waals surface area contributed by atoms with Crippen molar-refractivity contribution in [2.24, 2.45) is 0 Å². The number of carbonyl (C=O) groups excluding carboxylic acids is 2. The summed E-state index contributed by atoms with van der Waals surface area (Å²) in [6, 6.07) is 25.1.